The molecule has 0 spiro atoms. The van der Waals surface area contributed by atoms with Crippen LogP contribution in [0, 0.1) is 17.3 Å². The van der Waals surface area contributed by atoms with Gasteiger partial charge in [-0.05, 0) is 24.3 Å². The molecule has 0 aromatic heterocycles. The van der Waals surface area contributed by atoms with Crippen LogP contribution in [0.1, 0.15) is 27.2 Å². The molecule has 0 aromatic carbocycles. The lowest BCUT2D eigenvalue weighted by Gasteiger charge is -2.36. The molecule has 2 unspecified atom stereocenters. The van der Waals surface area contributed by atoms with E-state index >= 15 is 0 Å². The van der Waals surface area contributed by atoms with E-state index in [0.29, 0.717) is 12.5 Å². The van der Waals surface area contributed by atoms with Gasteiger partial charge in [0.2, 0.25) is 0 Å². The predicted octanol–water partition coefficient (Wildman–Crippen LogP) is 1.76. The fourth-order valence-corrected chi connectivity index (χ4v) is 1.79. The minimum absolute atomic E-state index is 0. The van der Waals surface area contributed by atoms with Crippen molar-refractivity contribution < 1.29 is 9.90 Å². The Morgan fingerprint density at radius 3 is 2.36 bits per heavy atom. The predicted molar refractivity (Wildman–Crippen MR) is 58.8 cm³/mol. The monoisotopic (exact) mass is 221 g/mol. The van der Waals surface area contributed by atoms with Gasteiger partial charge in [0, 0.05) is 6.54 Å². The van der Waals surface area contributed by atoms with E-state index in [1.807, 2.05) is 0 Å². The molecule has 0 radical (unpaired) electrons. The van der Waals surface area contributed by atoms with Crippen LogP contribution in [0.25, 0.3) is 0 Å². The van der Waals surface area contributed by atoms with Crippen LogP contribution in [0.5, 0.6) is 0 Å². The Labute approximate surface area is 91.7 Å². The quantitative estimate of drug-likeness (QED) is 0.710. The van der Waals surface area contributed by atoms with Crippen LogP contribution < -0.4 is 5.32 Å². The van der Waals surface area contributed by atoms with Crippen molar-refractivity contribution in [2.24, 2.45) is 17.3 Å². The molecule has 2 N–H and O–H groups in total. The third kappa shape index (κ3) is 3.46. The zero-order chi connectivity index (χ0) is 10.1. The largest absolute Gasteiger partial charge is 0.481 e. The van der Waals surface area contributed by atoms with Crippen LogP contribution in [0.15, 0.2) is 0 Å². The molecule has 14 heavy (non-hydrogen) atoms. The van der Waals surface area contributed by atoms with Gasteiger partial charge in [-0.2, -0.15) is 0 Å². The summed E-state index contributed by atoms with van der Waals surface area (Å²) in [6.07, 6.45) is 0.811. The highest BCUT2D eigenvalue weighted by molar-refractivity contribution is 5.85. The minimum Gasteiger partial charge on any atom is -0.481 e. The second kappa shape index (κ2) is 4.99. The van der Waals surface area contributed by atoms with Crippen LogP contribution in [0.2, 0.25) is 0 Å². The first kappa shape index (κ1) is 13.7. The Bertz CT molecular complexity index is 201. The van der Waals surface area contributed by atoms with E-state index in [2.05, 4.69) is 26.1 Å². The van der Waals surface area contributed by atoms with Gasteiger partial charge >= 0.3 is 5.97 Å². The summed E-state index contributed by atoms with van der Waals surface area (Å²) in [7, 11) is 0. The first-order valence-electron chi connectivity index (χ1n) is 4.85. The molecule has 1 aliphatic heterocycles. The van der Waals surface area contributed by atoms with Crippen molar-refractivity contribution in [3.05, 3.63) is 0 Å². The molecular weight excluding hydrogens is 202 g/mol. The summed E-state index contributed by atoms with van der Waals surface area (Å²) in [6.45, 7) is 8.09. The van der Waals surface area contributed by atoms with Gasteiger partial charge in [-0.25, -0.2) is 0 Å². The molecule has 4 heteroatoms. The van der Waals surface area contributed by atoms with E-state index in [9.17, 15) is 4.79 Å². The summed E-state index contributed by atoms with van der Waals surface area (Å²) in [5, 5.41) is 12.1. The number of nitrogens with one attached hydrogen (secondary N) is 1. The smallest absolute Gasteiger partial charge is 0.307 e. The Hall–Kier alpha value is -0.280. The van der Waals surface area contributed by atoms with Crippen molar-refractivity contribution in [2.75, 3.05) is 13.1 Å². The van der Waals surface area contributed by atoms with Crippen LogP contribution in [-0.2, 0) is 4.79 Å². The van der Waals surface area contributed by atoms with Gasteiger partial charge in [-0.3, -0.25) is 4.79 Å². The third-order valence-corrected chi connectivity index (χ3v) is 2.92. The number of carboxylic acids is 1. The fourth-order valence-electron chi connectivity index (χ4n) is 1.79. The third-order valence-electron chi connectivity index (χ3n) is 2.92. The van der Waals surface area contributed by atoms with Crippen molar-refractivity contribution in [1.29, 1.82) is 0 Å². The van der Waals surface area contributed by atoms with Gasteiger partial charge in [-0.1, -0.05) is 20.8 Å². The van der Waals surface area contributed by atoms with E-state index in [0.717, 1.165) is 13.0 Å². The Kier molecular flexibility index (Phi) is 4.89. The minimum atomic E-state index is -0.665. The highest BCUT2D eigenvalue weighted by atomic mass is 35.5. The van der Waals surface area contributed by atoms with Crippen molar-refractivity contribution in [1.82, 2.24) is 5.32 Å². The molecule has 0 aromatic rings. The van der Waals surface area contributed by atoms with Crippen molar-refractivity contribution >= 4 is 18.4 Å². The van der Waals surface area contributed by atoms with Crippen molar-refractivity contribution in [2.45, 2.75) is 27.2 Å². The van der Waals surface area contributed by atoms with E-state index < -0.39 is 5.97 Å². The Morgan fingerprint density at radius 2 is 1.93 bits per heavy atom. The topological polar surface area (TPSA) is 49.3 Å². The molecule has 3 nitrogen and oxygen atoms in total. The first-order valence-corrected chi connectivity index (χ1v) is 4.85. The molecule has 0 bridgehead atoms. The summed E-state index contributed by atoms with van der Waals surface area (Å²) >= 11 is 0. The second-order valence-corrected chi connectivity index (χ2v) is 4.99. The maximum Gasteiger partial charge on any atom is 0.307 e. The zero-order valence-corrected chi connectivity index (χ0v) is 9.86. The summed E-state index contributed by atoms with van der Waals surface area (Å²) in [5.41, 5.74) is 0.209. The van der Waals surface area contributed by atoms with Gasteiger partial charge in [0.25, 0.3) is 0 Å². The highest BCUT2D eigenvalue weighted by Gasteiger charge is 2.33. The van der Waals surface area contributed by atoms with Crippen molar-refractivity contribution in [3.8, 4) is 0 Å². The fraction of sp³-hybridized carbons (Fsp3) is 0.900. The summed E-state index contributed by atoms with van der Waals surface area (Å²) < 4.78 is 0. The average Bonchev–Trinajstić information content (AvgIpc) is 2.03. The van der Waals surface area contributed by atoms with Gasteiger partial charge in [0.1, 0.15) is 0 Å². The van der Waals surface area contributed by atoms with Gasteiger partial charge < -0.3 is 10.4 Å². The summed E-state index contributed by atoms with van der Waals surface area (Å²) in [4.78, 5) is 10.8. The first-order chi connectivity index (χ1) is 5.91. The lowest BCUT2D eigenvalue weighted by Crippen LogP contribution is -2.44. The number of rotatable bonds is 1. The molecule has 1 rings (SSSR count). The maximum atomic E-state index is 10.8. The molecule has 1 saturated heterocycles. The molecule has 1 fully saturated rings. The number of aliphatic carboxylic acids is 1. The lowest BCUT2D eigenvalue weighted by atomic mass is 9.74. The zero-order valence-electron chi connectivity index (χ0n) is 9.04. The standard InChI is InChI=1S/C10H19NO2.ClH/c1-10(2,3)8-4-7(9(12)13)5-11-6-8;/h7-8,11H,4-6H2,1-3H3,(H,12,13);1H. The molecule has 1 heterocycles. The van der Waals surface area contributed by atoms with E-state index in [1.54, 1.807) is 0 Å². The number of carboxylic acid groups (broad SMARTS) is 1. The number of hydrogen-bond donors (Lipinski definition) is 2. The van der Waals surface area contributed by atoms with Gasteiger partial charge in [0.15, 0.2) is 0 Å². The number of halogens is 1. The number of hydrogen-bond acceptors (Lipinski definition) is 2. The Morgan fingerprint density at radius 1 is 1.36 bits per heavy atom. The van der Waals surface area contributed by atoms with Crippen LogP contribution >= 0.6 is 12.4 Å². The lowest BCUT2D eigenvalue weighted by molar-refractivity contribution is -0.143. The van der Waals surface area contributed by atoms with E-state index in [-0.39, 0.29) is 23.7 Å². The van der Waals surface area contributed by atoms with Gasteiger partial charge in [-0.15, -0.1) is 12.4 Å². The second-order valence-electron chi connectivity index (χ2n) is 4.99. The molecule has 0 amide bonds. The van der Waals surface area contributed by atoms with Gasteiger partial charge in [0.05, 0.1) is 5.92 Å². The van der Waals surface area contributed by atoms with E-state index in [4.69, 9.17) is 5.11 Å². The molecule has 1 aliphatic rings. The Balaban J connectivity index is 0.00000169. The number of piperidine rings is 1. The number of carbonyl (C=O) groups is 1. The maximum absolute atomic E-state index is 10.8. The van der Waals surface area contributed by atoms with E-state index in [1.165, 1.54) is 0 Å². The highest BCUT2D eigenvalue weighted by Crippen LogP contribution is 2.32. The van der Waals surface area contributed by atoms with Crippen LogP contribution in [0.4, 0.5) is 0 Å². The molecule has 0 aliphatic carbocycles. The van der Waals surface area contributed by atoms with Crippen LogP contribution in [0.3, 0.4) is 0 Å². The molecule has 84 valence electrons. The molecular formula is C10H20ClNO2. The van der Waals surface area contributed by atoms with Crippen molar-refractivity contribution in [3.63, 3.8) is 0 Å². The molecule has 2 atom stereocenters. The van der Waals surface area contributed by atoms with Crippen LogP contribution in [-0.4, -0.2) is 24.2 Å². The molecule has 0 saturated carbocycles. The SMILES string of the molecule is CC(C)(C)C1CNCC(C(=O)O)C1.Cl. The summed E-state index contributed by atoms with van der Waals surface area (Å²) in [6, 6.07) is 0. The summed E-state index contributed by atoms with van der Waals surface area (Å²) in [5.74, 6) is -0.387. The average molecular weight is 222 g/mol. The normalized spacial score (nSPS) is 27.9.